The molecule has 0 spiro atoms. The smallest absolute Gasteiger partial charge is 0.322 e. The van der Waals surface area contributed by atoms with E-state index in [1.54, 1.807) is 11.9 Å². The number of aryl methyl sites for hydroxylation is 1. The number of carbonyl (C=O) groups excluding carboxylic acids is 2. The third-order valence-electron chi connectivity index (χ3n) is 4.68. The summed E-state index contributed by atoms with van der Waals surface area (Å²) in [5.74, 6) is -0.0185. The largest absolute Gasteiger partial charge is 0.370 e. The van der Waals surface area contributed by atoms with Crippen molar-refractivity contribution in [2.45, 2.75) is 18.9 Å². The van der Waals surface area contributed by atoms with Crippen molar-refractivity contribution in [1.82, 2.24) is 10.2 Å². The Bertz CT molecular complexity index is 779. The Kier molecular flexibility index (Phi) is 6.44. The number of hydrogen-bond donors (Lipinski definition) is 2. The Morgan fingerprint density at radius 1 is 1.11 bits per heavy atom. The second-order valence-electron chi connectivity index (χ2n) is 6.48. The topological polar surface area (TPSA) is 70.7 Å². The first kappa shape index (κ1) is 18.9. The van der Waals surface area contributed by atoms with E-state index in [1.165, 1.54) is 0 Å². The molecule has 0 saturated carbocycles. The first-order valence-corrected chi connectivity index (χ1v) is 9.18. The molecule has 0 radical (unpaired) electrons. The highest BCUT2D eigenvalue weighted by molar-refractivity contribution is 5.90. The zero-order chi connectivity index (χ0) is 19.1. The van der Waals surface area contributed by atoms with Crippen LogP contribution in [0.2, 0.25) is 0 Å². The third kappa shape index (κ3) is 5.08. The Labute approximate surface area is 159 Å². The van der Waals surface area contributed by atoms with Crippen molar-refractivity contribution < 1.29 is 14.3 Å². The summed E-state index contributed by atoms with van der Waals surface area (Å²) in [6, 6.07) is 17.4. The van der Waals surface area contributed by atoms with Crippen molar-refractivity contribution in [3.05, 3.63) is 65.7 Å². The van der Waals surface area contributed by atoms with Crippen LogP contribution in [0.5, 0.6) is 0 Å². The van der Waals surface area contributed by atoms with Crippen LogP contribution in [0.4, 0.5) is 10.5 Å². The molecule has 2 aromatic carbocycles. The monoisotopic (exact) mass is 367 g/mol. The van der Waals surface area contributed by atoms with E-state index in [1.807, 2.05) is 54.6 Å². The number of amides is 3. The van der Waals surface area contributed by atoms with Crippen molar-refractivity contribution in [2.75, 3.05) is 32.1 Å². The predicted molar refractivity (Wildman–Crippen MR) is 105 cm³/mol. The molecule has 1 fully saturated rings. The van der Waals surface area contributed by atoms with Gasteiger partial charge in [0.1, 0.15) is 6.10 Å². The number of urea groups is 1. The van der Waals surface area contributed by atoms with Gasteiger partial charge in [-0.25, -0.2) is 4.79 Å². The van der Waals surface area contributed by atoms with Gasteiger partial charge in [0.25, 0.3) is 0 Å². The summed E-state index contributed by atoms with van der Waals surface area (Å²) in [6.45, 7) is 1.57. The van der Waals surface area contributed by atoms with Crippen molar-refractivity contribution in [3.63, 3.8) is 0 Å². The molecule has 1 aliphatic heterocycles. The number of nitrogens with zero attached hydrogens (tertiary/aromatic N) is 1. The second-order valence-corrected chi connectivity index (χ2v) is 6.48. The molecule has 0 aromatic heterocycles. The molecule has 0 aliphatic carbocycles. The molecule has 0 bridgehead atoms. The van der Waals surface area contributed by atoms with Crippen LogP contribution in [0.15, 0.2) is 54.6 Å². The Balaban J connectivity index is 1.64. The molecular weight excluding hydrogens is 342 g/mol. The van der Waals surface area contributed by atoms with Gasteiger partial charge in [0, 0.05) is 25.7 Å². The summed E-state index contributed by atoms with van der Waals surface area (Å²) < 4.78 is 5.83. The zero-order valence-electron chi connectivity index (χ0n) is 15.5. The van der Waals surface area contributed by atoms with Gasteiger partial charge in [0.2, 0.25) is 5.91 Å². The molecule has 6 nitrogen and oxygen atoms in total. The summed E-state index contributed by atoms with van der Waals surface area (Å²) in [6.07, 6.45) is 0.845. The average molecular weight is 367 g/mol. The molecule has 1 saturated heterocycles. The molecule has 1 aliphatic rings. The van der Waals surface area contributed by atoms with E-state index in [0.717, 1.165) is 16.8 Å². The molecule has 3 amide bonds. The van der Waals surface area contributed by atoms with E-state index < -0.39 is 0 Å². The number of nitrogens with one attached hydrogen (secondary N) is 2. The number of hydrogen-bond acceptors (Lipinski definition) is 3. The van der Waals surface area contributed by atoms with E-state index in [0.29, 0.717) is 32.5 Å². The van der Waals surface area contributed by atoms with E-state index >= 15 is 0 Å². The van der Waals surface area contributed by atoms with Gasteiger partial charge in [-0.1, -0.05) is 48.5 Å². The van der Waals surface area contributed by atoms with Gasteiger partial charge < -0.3 is 20.3 Å². The molecule has 3 rings (SSSR count). The van der Waals surface area contributed by atoms with E-state index in [2.05, 4.69) is 10.6 Å². The first-order valence-electron chi connectivity index (χ1n) is 9.18. The van der Waals surface area contributed by atoms with E-state index in [4.69, 9.17) is 4.74 Å². The molecular formula is C21H25N3O3. The van der Waals surface area contributed by atoms with Crippen molar-refractivity contribution in [1.29, 1.82) is 0 Å². The number of para-hydroxylation sites is 1. The minimum Gasteiger partial charge on any atom is -0.370 e. The van der Waals surface area contributed by atoms with Gasteiger partial charge in [-0.15, -0.1) is 0 Å². The normalized spacial score (nSPS) is 16.6. The summed E-state index contributed by atoms with van der Waals surface area (Å²) in [7, 11) is 1.62. The Morgan fingerprint density at radius 3 is 2.63 bits per heavy atom. The van der Waals surface area contributed by atoms with Crippen molar-refractivity contribution >= 4 is 17.6 Å². The fourth-order valence-corrected chi connectivity index (χ4v) is 3.13. The average Bonchev–Trinajstić information content (AvgIpc) is 2.73. The zero-order valence-corrected chi connectivity index (χ0v) is 15.5. The standard InChI is InChI=1S/C21H25N3O3/c1-22-20(25)12-11-16-7-5-6-10-18(16)23-21(26)24-13-14-27-19(15-24)17-8-3-2-4-9-17/h2-10,19H,11-15H2,1H3,(H,22,25)(H,23,26)/t19-/m0/s1. The van der Waals surface area contributed by atoms with Crippen LogP contribution in [0.1, 0.15) is 23.7 Å². The van der Waals surface area contributed by atoms with Crippen LogP contribution >= 0.6 is 0 Å². The predicted octanol–water partition coefficient (Wildman–Crippen LogP) is 2.97. The number of anilines is 1. The Hall–Kier alpha value is -2.86. The summed E-state index contributed by atoms with van der Waals surface area (Å²) >= 11 is 0. The minimum atomic E-state index is -0.147. The van der Waals surface area contributed by atoms with Gasteiger partial charge in [-0.3, -0.25) is 4.79 Å². The van der Waals surface area contributed by atoms with Crippen LogP contribution in [0.3, 0.4) is 0 Å². The van der Waals surface area contributed by atoms with Crippen molar-refractivity contribution in [2.24, 2.45) is 0 Å². The quantitative estimate of drug-likeness (QED) is 0.854. The summed E-state index contributed by atoms with van der Waals surface area (Å²) in [5, 5.41) is 5.61. The minimum absolute atomic E-state index is 0.0185. The second kappa shape index (κ2) is 9.19. The van der Waals surface area contributed by atoms with Gasteiger partial charge in [0.15, 0.2) is 0 Å². The number of benzene rings is 2. The first-order chi connectivity index (χ1) is 13.2. The van der Waals surface area contributed by atoms with Gasteiger partial charge in [-0.05, 0) is 23.6 Å². The van der Waals surface area contributed by atoms with E-state index in [9.17, 15) is 9.59 Å². The lowest BCUT2D eigenvalue weighted by atomic mass is 10.1. The van der Waals surface area contributed by atoms with Gasteiger partial charge in [0.05, 0.1) is 13.2 Å². The lowest BCUT2D eigenvalue weighted by molar-refractivity contribution is -0.120. The summed E-state index contributed by atoms with van der Waals surface area (Å²) in [4.78, 5) is 26.1. The fraction of sp³-hybridized carbons (Fsp3) is 0.333. The van der Waals surface area contributed by atoms with Crippen LogP contribution in [0, 0.1) is 0 Å². The lowest BCUT2D eigenvalue weighted by Gasteiger charge is -2.33. The molecule has 27 heavy (non-hydrogen) atoms. The molecule has 0 unspecified atom stereocenters. The Morgan fingerprint density at radius 2 is 1.85 bits per heavy atom. The molecule has 2 aromatic rings. The molecule has 1 heterocycles. The fourth-order valence-electron chi connectivity index (χ4n) is 3.13. The number of ether oxygens (including phenoxy) is 1. The van der Waals surface area contributed by atoms with Crippen molar-refractivity contribution in [3.8, 4) is 0 Å². The maximum atomic E-state index is 12.8. The van der Waals surface area contributed by atoms with Crippen LogP contribution in [-0.4, -0.2) is 43.6 Å². The van der Waals surface area contributed by atoms with Gasteiger partial charge in [-0.2, -0.15) is 0 Å². The number of rotatable bonds is 5. The highest BCUT2D eigenvalue weighted by atomic mass is 16.5. The maximum Gasteiger partial charge on any atom is 0.322 e. The molecule has 1 atom stereocenters. The van der Waals surface area contributed by atoms with Gasteiger partial charge >= 0.3 is 6.03 Å². The summed E-state index contributed by atoms with van der Waals surface area (Å²) in [5.41, 5.74) is 2.76. The van der Waals surface area contributed by atoms with Crippen LogP contribution in [0.25, 0.3) is 0 Å². The molecule has 2 N–H and O–H groups in total. The number of carbonyl (C=O) groups is 2. The number of morpholine rings is 1. The SMILES string of the molecule is CNC(=O)CCc1ccccc1NC(=O)N1CCO[C@H](c2ccccc2)C1. The third-order valence-corrected chi connectivity index (χ3v) is 4.68. The highest BCUT2D eigenvalue weighted by Gasteiger charge is 2.25. The lowest BCUT2D eigenvalue weighted by Crippen LogP contribution is -2.44. The molecule has 6 heteroatoms. The van der Waals surface area contributed by atoms with Crippen LogP contribution < -0.4 is 10.6 Å². The van der Waals surface area contributed by atoms with Crippen LogP contribution in [-0.2, 0) is 16.0 Å². The highest BCUT2D eigenvalue weighted by Crippen LogP contribution is 2.23. The molecule has 142 valence electrons. The maximum absolute atomic E-state index is 12.8. The van der Waals surface area contributed by atoms with E-state index in [-0.39, 0.29) is 18.0 Å².